The van der Waals surface area contributed by atoms with Crippen LogP contribution in [0.3, 0.4) is 0 Å². The molecular weight excluding hydrogens is 148 g/mol. The van der Waals surface area contributed by atoms with E-state index in [0.29, 0.717) is 5.92 Å². The Kier molecular flexibility index (Phi) is 3.31. The fourth-order valence-corrected chi connectivity index (χ4v) is 1.60. The first kappa shape index (κ1) is 9.28. The summed E-state index contributed by atoms with van der Waals surface area (Å²) in [5, 5.41) is 8.67. The fraction of sp³-hybridized carbons (Fsp3) is 0.700. The Balaban J connectivity index is 2.27. The maximum absolute atomic E-state index is 8.67. The molecule has 1 aliphatic heterocycles. The first-order valence-corrected chi connectivity index (χ1v) is 4.48. The molecule has 0 radical (unpaired) electrons. The third-order valence-electron chi connectivity index (χ3n) is 2.26. The summed E-state index contributed by atoms with van der Waals surface area (Å²) >= 11 is 0. The molecule has 0 aromatic heterocycles. The van der Waals surface area contributed by atoms with Crippen LogP contribution in [-0.2, 0) is 0 Å². The first-order chi connectivity index (χ1) is 5.72. The molecule has 0 unspecified atom stereocenters. The van der Waals surface area contributed by atoms with Crippen LogP contribution in [0.25, 0.3) is 0 Å². The van der Waals surface area contributed by atoms with Gasteiger partial charge in [0.15, 0.2) is 0 Å². The Bertz CT molecular complexity index is 194. The van der Waals surface area contributed by atoms with Gasteiger partial charge < -0.3 is 0 Å². The molecule has 0 spiro atoms. The molecule has 0 N–H and O–H groups in total. The quantitative estimate of drug-likeness (QED) is 0.582. The molecule has 1 saturated heterocycles. The summed E-state index contributed by atoms with van der Waals surface area (Å²) in [5.74, 6) is 0.298. The minimum atomic E-state index is 0.298. The molecule has 1 aliphatic rings. The van der Waals surface area contributed by atoms with Gasteiger partial charge in [-0.3, -0.25) is 4.90 Å². The average molecular weight is 164 g/mol. The van der Waals surface area contributed by atoms with Crippen molar-refractivity contribution in [3.63, 3.8) is 0 Å². The van der Waals surface area contributed by atoms with Crippen LogP contribution >= 0.6 is 0 Å². The fourth-order valence-electron chi connectivity index (χ4n) is 1.60. The number of likely N-dealkylation sites (tertiary alicyclic amines) is 1. The number of rotatable bonds is 2. The molecule has 0 aromatic carbocycles. The lowest BCUT2D eigenvalue weighted by Crippen LogP contribution is -2.34. The Morgan fingerprint density at radius 3 is 2.58 bits per heavy atom. The summed E-state index contributed by atoms with van der Waals surface area (Å²) in [6, 6.07) is 2.33. The van der Waals surface area contributed by atoms with Gasteiger partial charge in [-0.1, -0.05) is 12.2 Å². The molecular formula is C10H16N2. The van der Waals surface area contributed by atoms with E-state index in [4.69, 9.17) is 5.26 Å². The molecule has 0 aromatic rings. The SMILES string of the molecule is C=C(C)CN1CCC(C#N)CC1. The molecule has 1 fully saturated rings. The first-order valence-electron chi connectivity index (χ1n) is 4.48. The van der Waals surface area contributed by atoms with Gasteiger partial charge in [0.2, 0.25) is 0 Å². The highest BCUT2D eigenvalue weighted by molar-refractivity contribution is 4.94. The zero-order chi connectivity index (χ0) is 8.97. The van der Waals surface area contributed by atoms with Crippen molar-refractivity contribution in [2.24, 2.45) is 5.92 Å². The van der Waals surface area contributed by atoms with Crippen LogP contribution in [0.2, 0.25) is 0 Å². The van der Waals surface area contributed by atoms with E-state index >= 15 is 0 Å². The lowest BCUT2D eigenvalue weighted by molar-refractivity contribution is 0.221. The van der Waals surface area contributed by atoms with Crippen LogP contribution < -0.4 is 0 Å². The van der Waals surface area contributed by atoms with Crippen molar-refractivity contribution in [1.29, 1.82) is 5.26 Å². The Morgan fingerprint density at radius 2 is 2.17 bits per heavy atom. The monoisotopic (exact) mass is 164 g/mol. The maximum Gasteiger partial charge on any atom is 0.0656 e. The molecule has 1 rings (SSSR count). The highest BCUT2D eigenvalue weighted by Gasteiger charge is 2.17. The third-order valence-corrected chi connectivity index (χ3v) is 2.26. The normalized spacial score (nSPS) is 20.3. The van der Waals surface area contributed by atoms with Crippen LogP contribution in [0, 0.1) is 17.2 Å². The van der Waals surface area contributed by atoms with Crippen LogP contribution in [0.15, 0.2) is 12.2 Å². The second-order valence-electron chi connectivity index (χ2n) is 3.64. The molecule has 0 amide bonds. The summed E-state index contributed by atoms with van der Waals surface area (Å²) < 4.78 is 0. The number of nitriles is 1. The second kappa shape index (κ2) is 4.27. The van der Waals surface area contributed by atoms with E-state index in [1.807, 2.05) is 0 Å². The van der Waals surface area contributed by atoms with E-state index < -0.39 is 0 Å². The molecule has 0 aliphatic carbocycles. The summed E-state index contributed by atoms with van der Waals surface area (Å²) in [5.41, 5.74) is 1.21. The zero-order valence-electron chi connectivity index (χ0n) is 7.71. The van der Waals surface area contributed by atoms with Crippen LogP contribution in [0.5, 0.6) is 0 Å². The summed E-state index contributed by atoms with van der Waals surface area (Å²) in [4.78, 5) is 2.37. The molecule has 12 heavy (non-hydrogen) atoms. The van der Waals surface area contributed by atoms with Gasteiger partial charge in [-0.15, -0.1) is 0 Å². The summed E-state index contributed by atoms with van der Waals surface area (Å²) in [6.45, 7) is 9.05. The molecule has 0 bridgehead atoms. The van der Waals surface area contributed by atoms with Gasteiger partial charge in [-0.2, -0.15) is 5.26 Å². The van der Waals surface area contributed by atoms with Crippen LogP contribution in [0.1, 0.15) is 19.8 Å². The Hall–Kier alpha value is -0.810. The van der Waals surface area contributed by atoms with E-state index in [1.165, 1.54) is 5.57 Å². The topological polar surface area (TPSA) is 27.0 Å². The van der Waals surface area contributed by atoms with Gasteiger partial charge in [0.05, 0.1) is 6.07 Å². The Morgan fingerprint density at radius 1 is 1.58 bits per heavy atom. The molecule has 2 nitrogen and oxygen atoms in total. The van der Waals surface area contributed by atoms with Crippen LogP contribution in [-0.4, -0.2) is 24.5 Å². The van der Waals surface area contributed by atoms with E-state index in [9.17, 15) is 0 Å². The highest BCUT2D eigenvalue weighted by atomic mass is 15.1. The molecule has 0 atom stereocenters. The van der Waals surface area contributed by atoms with Crippen molar-refractivity contribution in [2.45, 2.75) is 19.8 Å². The smallest absolute Gasteiger partial charge is 0.0656 e. The number of hydrogen-bond donors (Lipinski definition) is 0. The number of hydrogen-bond acceptors (Lipinski definition) is 2. The van der Waals surface area contributed by atoms with Gasteiger partial charge in [0, 0.05) is 12.5 Å². The van der Waals surface area contributed by atoms with Gasteiger partial charge >= 0.3 is 0 Å². The van der Waals surface area contributed by atoms with E-state index in [2.05, 4.69) is 24.5 Å². The van der Waals surface area contributed by atoms with E-state index in [0.717, 1.165) is 32.5 Å². The second-order valence-corrected chi connectivity index (χ2v) is 3.64. The maximum atomic E-state index is 8.67. The third kappa shape index (κ3) is 2.67. The van der Waals surface area contributed by atoms with Crippen molar-refractivity contribution in [2.75, 3.05) is 19.6 Å². The molecule has 1 heterocycles. The minimum absolute atomic E-state index is 0.298. The van der Waals surface area contributed by atoms with Crippen LogP contribution in [0.4, 0.5) is 0 Å². The lowest BCUT2D eigenvalue weighted by Gasteiger charge is -2.28. The molecule has 0 saturated carbocycles. The van der Waals surface area contributed by atoms with Gasteiger partial charge in [0.1, 0.15) is 0 Å². The van der Waals surface area contributed by atoms with Gasteiger partial charge in [0.25, 0.3) is 0 Å². The zero-order valence-corrected chi connectivity index (χ0v) is 7.71. The van der Waals surface area contributed by atoms with E-state index in [-0.39, 0.29) is 0 Å². The van der Waals surface area contributed by atoms with Crippen molar-refractivity contribution >= 4 is 0 Å². The standard InChI is InChI=1S/C10H16N2/c1-9(2)8-12-5-3-10(7-11)4-6-12/h10H,1,3-6,8H2,2H3. The van der Waals surface area contributed by atoms with E-state index in [1.54, 1.807) is 0 Å². The van der Waals surface area contributed by atoms with Crippen molar-refractivity contribution in [3.8, 4) is 6.07 Å². The van der Waals surface area contributed by atoms with Gasteiger partial charge in [-0.05, 0) is 32.9 Å². The van der Waals surface area contributed by atoms with Crippen molar-refractivity contribution in [3.05, 3.63) is 12.2 Å². The summed E-state index contributed by atoms with van der Waals surface area (Å²) in [6.07, 6.45) is 2.06. The number of nitrogens with zero attached hydrogens (tertiary/aromatic N) is 2. The molecule has 2 heteroatoms. The molecule has 66 valence electrons. The predicted octanol–water partition coefficient (Wildman–Crippen LogP) is 1.80. The largest absolute Gasteiger partial charge is 0.299 e. The summed E-state index contributed by atoms with van der Waals surface area (Å²) in [7, 11) is 0. The highest BCUT2D eigenvalue weighted by Crippen LogP contribution is 2.16. The lowest BCUT2D eigenvalue weighted by atomic mass is 9.98. The average Bonchev–Trinajstić information content (AvgIpc) is 2.05. The minimum Gasteiger partial charge on any atom is -0.299 e. The van der Waals surface area contributed by atoms with Crippen molar-refractivity contribution in [1.82, 2.24) is 4.90 Å². The number of piperidine rings is 1. The predicted molar refractivity (Wildman–Crippen MR) is 49.6 cm³/mol. The van der Waals surface area contributed by atoms with Crippen molar-refractivity contribution < 1.29 is 0 Å². The Labute approximate surface area is 74.5 Å². The van der Waals surface area contributed by atoms with Gasteiger partial charge in [-0.25, -0.2) is 0 Å².